The van der Waals surface area contributed by atoms with Gasteiger partial charge in [-0.05, 0) is 70.8 Å². The van der Waals surface area contributed by atoms with Crippen LogP contribution < -0.4 is 0 Å². The van der Waals surface area contributed by atoms with Crippen molar-refractivity contribution in [3.63, 3.8) is 0 Å². The van der Waals surface area contributed by atoms with E-state index in [2.05, 4.69) is 113 Å². The molecule has 4 nitrogen and oxygen atoms in total. The van der Waals surface area contributed by atoms with Gasteiger partial charge in [0.15, 0.2) is 0 Å². The van der Waals surface area contributed by atoms with Crippen molar-refractivity contribution in [2.24, 2.45) is 0 Å². The van der Waals surface area contributed by atoms with Crippen molar-refractivity contribution in [2.75, 3.05) is 0 Å². The molecule has 10 aromatic rings. The molecule has 0 amide bonds. The van der Waals surface area contributed by atoms with Gasteiger partial charge in [-0.15, -0.1) is 56.9 Å². The van der Waals surface area contributed by atoms with Crippen molar-refractivity contribution in [1.29, 1.82) is 0 Å². The normalized spacial score (nSPS) is 10.0. The summed E-state index contributed by atoms with van der Waals surface area (Å²) in [7, 11) is 0. The number of aromatic nitrogens is 4. The summed E-state index contributed by atoms with van der Waals surface area (Å²) >= 11 is 1.36. The summed E-state index contributed by atoms with van der Waals surface area (Å²) in [5, 5.41) is 4.97. The molecule has 280 valence electrons. The summed E-state index contributed by atoms with van der Waals surface area (Å²) in [4.78, 5) is 18.0. The standard InChI is InChI=1S/2C20H15N2.2C6H5.Si.Zr/c2*1-14-10-15-12-16(19-6-2-4-8-21-19)13-18(17(15)11-14)20-7-3-5-9-22-20;2*1-2-4-6-5-3-1;;/h2*2-13H,1H3;2*1-5H;;/q4*-1;;. The molecular formula is C52H40N4SiZr-4. The molecule has 10 rings (SSSR count). The Hall–Kier alpha value is -6.20. The van der Waals surface area contributed by atoms with Crippen LogP contribution in [0.3, 0.4) is 0 Å². The van der Waals surface area contributed by atoms with Crippen LogP contribution in [0.1, 0.15) is 11.1 Å². The van der Waals surface area contributed by atoms with Gasteiger partial charge in [-0.1, -0.05) is 50.2 Å². The molecule has 0 unspecified atom stereocenters. The van der Waals surface area contributed by atoms with Crippen LogP contribution in [0.15, 0.2) is 207 Å². The minimum Gasteiger partial charge on any atom is -0.184 e. The predicted octanol–water partition coefficient (Wildman–Crippen LogP) is 12.6. The zero-order valence-electron chi connectivity index (χ0n) is 32.4. The molecule has 4 aromatic heterocycles. The van der Waals surface area contributed by atoms with Crippen molar-refractivity contribution in [1.82, 2.24) is 19.9 Å². The first kappa shape index (κ1) is 41.4. The summed E-state index contributed by atoms with van der Waals surface area (Å²) < 4.78 is 0. The second-order valence-corrected chi connectivity index (χ2v) is 13.1. The Bertz CT molecular complexity index is 2460. The number of fused-ring (bicyclic) bond motifs is 2. The van der Waals surface area contributed by atoms with E-state index in [1.807, 2.05) is 146 Å². The molecule has 0 spiro atoms. The van der Waals surface area contributed by atoms with Crippen molar-refractivity contribution >= 4 is 28.4 Å². The zero-order chi connectivity index (χ0) is 40.4. The Kier molecular flexibility index (Phi) is 15.7. The maximum atomic E-state index is 4.52. The molecule has 0 atom stereocenters. The molecule has 0 aliphatic carbocycles. The van der Waals surface area contributed by atoms with Gasteiger partial charge in [-0.25, -0.2) is 0 Å². The topological polar surface area (TPSA) is 51.6 Å². The Balaban J connectivity index is 0.000000147. The molecule has 0 fully saturated rings. The largest absolute Gasteiger partial charge is 0.184 e. The third kappa shape index (κ3) is 11.4. The number of nitrogens with zero attached hydrogens (tertiary/aromatic N) is 4. The number of hydrogen-bond donors (Lipinski definition) is 0. The Morgan fingerprint density at radius 2 is 0.759 bits per heavy atom. The monoisotopic (exact) mass is 838 g/mol. The minimum absolute atomic E-state index is 0.987. The number of hydrogen-bond acceptors (Lipinski definition) is 4. The van der Waals surface area contributed by atoms with Gasteiger partial charge in [0.25, 0.3) is 0 Å². The van der Waals surface area contributed by atoms with E-state index in [9.17, 15) is 0 Å². The molecule has 6 heteroatoms. The first-order valence-corrected chi connectivity index (χ1v) is 23.0. The van der Waals surface area contributed by atoms with Gasteiger partial charge in [0.2, 0.25) is 0 Å². The van der Waals surface area contributed by atoms with Gasteiger partial charge in [0.05, 0.1) is 22.8 Å². The van der Waals surface area contributed by atoms with Crippen LogP contribution >= 0.6 is 0 Å². The maximum absolute atomic E-state index is 4.52. The van der Waals surface area contributed by atoms with Crippen molar-refractivity contribution in [2.45, 2.75) is 13.8 Å². The molecule has 58 heavy (non-hydrogen) atoms. The van der Waals surface area contributed by atoms with E-state index in [4.69, 9.17) is 0 Å². The average molecular weight is 840 g/mol. The molecule has 6 aromatic carbocycles. The molecular weight excluding hydrogens is 800 g/mol. The molecule has 0 bridgehead atoms. The van der Waals surface area contributed by atoms with Gasteiger partial charge in [0.1, 0.15) is 0 Å². The molecule has 0 saturated heterocycles. The Morgan fingerprint density at radius 1 is 0.414 bits per heavy atom. The van der Waals surface area contributed by atoms with Crippen LogP contribution in [-0.4, -0.2) is 26.8 Å². The van der Waals surface area contributed by atoms with Gasteiger partial charge in [0, 0.05) is 24.8 Å². The van der Waals surface area contributed by atoms with E-state index < -0.39 is 0 Å². The number of pyridine rings is 4. The van der Waals surface area contributed by atoms with Gasteiger partial charge >= 0.3 is 30.2 Å². The van der Waals surface area contributed by atoms with Crippen molar-refractivity contribution < 1.29 is 23.3 Å². The average Bonchev–Trinajstić information content (AvgIpc) is 3.90. The van der Waals surface area contributed by atoms with Crippen LogP contribution in [0.2, 0.25) is 0 Å². The van der Waals surface area contributed by atoms with E-state index in [0.29, 0.717) is 0 Å². The Labute approximate surface area is 358 Å². The predicted molar refractivity (Wildman–Crippen MR) is 238 cm³/mol. The van der Waals surface area contributed by atoms with E-state index in [1.165, 1.54) is 56.0 Å². The van der Waals surface area contributed by atoms with Gasteiger partial charge in [-0.3, -0.25) is 19.9 Å². The molecule has 0 N–H and O–H groups in total. The molecule has 0 aliphatic rings. The maximum Gasteiger partial charge on any atom is -0.171 e. The van der Waals surface area contributed by atoms with Crippen molar-refractivity contribution in [3.05, 3.63) is 230 Å². The van der Waals surface area contributed by atoms with Crippen LogP contribution in [0, 0.1) is 26.0 Å². The second-order valence-electron chi connectivity index (χ2n) is 13.1. The fourth-order valence-corrected chi connectivity index (χ4v) is 6.46. The van der Waals surface area contributed by atoms with Crippen LogP contribution in [0.25, 0.3) is 66.6 Å². The fourth-order valence-electron chi connectivity index (χ4n) is 6.46. The van der Waals surface area contributed by atoms with Gasteiger partial charge in [-0.2, -0.15) is 84.9 Å². The molecule has 0 aliphatic heterocycles. The molecule has 4 heterocycles. The summed E-state index contributed by atoms with van der Waals surface area (Å²) in [6.07, 6.45) is 7.33. The second kappa shape index (κ2) is 21.9. The van der Waals surface area contributed by atoms with Crippen LogP contribution in [0.4, 0.5) is 0 Å². The first-order chi connectivity index (χ1) is 28.6. The summed E-state index contributed by atoms with van der Waals surface area (Å²) in [5.41, 5.74) is 11.1. The summed E-state index contributed by atoms with van der Waals surface area (Å²) in [6, 6.07) is 66.7. The number of benzene rings is 4. The van der Waals surface area contributed by atoms with Crippen LogP contribution in [-0.2, 0) is 23.3 Å². The molecule has 2 radical (unpaired) electrons. The van der Waals surface area contributed by atoms with E-state index in [0.717, 1.165) is 45.0 Å². The fraction of sp³-hybridized carbons (Fsp3) is 0.0385. The summed E-state index contributed by atoms with van der Waals surface area (Å²) in [6.45, 7) is 7.32. The third-order valence-corrected chi connectivity index (χ3v) is 8.95. The van der Waals surface area contributed by atoms with E-state index in [-0.39, 0.29) is 0 Å². The quantitative estimate of drug-likeness (QED) is 0.131. The minimum atomic E-state index is 0.987. The third-order valence-electron chi connectivity index (χ3n) is 8.95. The smallest absolute Gasteiger partial charge is 0.171 e. The summed E-state index contributed by atoms with van der Waals surface area (Å²) in [5.74, 6) is 0. The van der Waals surface area contributed by atoms with Crippen molar-refractivity contribution in [3.8, 4) is 45.0 Å². The van der Waals surface area contributed by atoms with Gasteiger partial charge < -0.3 is 0 Å². The number of rotatable bonds is 4. The SMILES string of the molecule is Cc1cc2c(-c3ccccn3)cc(-c3ccccn3)cc2[cH-]1.Cc1cc2c(-c3ccccn3)cc(-c3ccccn3)cc2[cH-]1.[Si]=[Zr].[c-]1ccccc1.[c-]1ccccc1. The Morgan fingerprint density at radius 3 is 1.03 bits per heavy atom. The van der Waals surface area contributed by atoms with E-state index in [1.54, 1.807) is 0 Å². The number of aryl methyl sites for hydroxylation is 2. The van der Waals surface area contributed by atoms with E-state index >= 15 is 0 Å². The van der Waals surface area contributed by atoms with Crippen LogP contribution in [0.5, 0.6) is 0 Å². The molecule has 0 saturated carbocycles. The zero-order valence-corrected chi connectivity index (χ0v) is 35.9. The first-order valence-electron chi connectivity index (χ1n) is 18.8.